The molecule has 2 aromatic carbocycles. The average Bonchev–Trinajstić information content (AvgIpc) is 2.78. The van der Waals surface area contributed by atoms with Gasteiger partial charge in [-0.3, -0.25) is 14.6 Å². The summed E-state index contributed by atoms with van der Waals surface area (Å²) < 4.78 is 10.5. The molecule has 0 fully saturated rings. The van der Waals surface area contributed by atoms with Crippen molar-refractivity contribution in [2.24, 2.45) is 0 Å². The largest absolute Gasteiger partial charge is 0.496 e. The van der Waals surface area contributed by atoms with E-state index in [0.29, 0.717) is 34.9 Å². The highest BCUT2D eigenvalue weighted by Gasteiger charge is 2.18. The molecule has 0 aliphatic heterocycles. The number of nitrogens with one attached hydrogen (secondary N) is 2. The lowest BCUT2D eigenvalue weighted by atomic mass is 10.1. The Morgan fingerprint density at radius 2 is 1.59 bits per heavy atom. The second-order valence-electron chi connectivity index (χ2n) is 6.11. The van der Waals surface area contributed by atoms with Crippen LogP contribution in [0.1, 0.15) is 26.3 Å². The Labute approximate surface area is 168 Å². The van der Waals surface area contributed by atoms with Crippen molar-refractivity contribution in [1.29, 1.82) is 0 Å². The normalized spacial score (nSPS) is 10.1. The summed E-state index contributed by atoms with van der Waals surface area (Å²) in [6.07, 6.45) is 3.13. The molecule has 0 aliphatic rings. The van der Waals surface area contributed by atoms with Gasteiger partial charge in [-0.25, -0.2) is 0 Å². The van der Waals surface area contributed by atoms with Crippen molar-refractivity contribution in [2.75, 3.05) is 19.5 Å². The minimum atomic E-state index is -0.336. The molecule has 0 unspecified atom stereocenters. The van der Waals surface area contributed by atoms with Crippen LogP contribution in [0.4, 0.5) is 5.69 Å². The van der Waals surface area contributed by atoms with E-state index < -0.39 is 0 Å². The van der Waals surface area contributed by atoms with Crippen LogP contribution in [0.15, 0.2) is 67.0 Å². The number of hydrogen-bond donors (Lipinski definition) is 2. The maximum absolute atomic E-state index is 12.7. The lowest BCUT2D eigenvalue weighted by Crippen LogP contribution is -2.22. The molecule has 0 aliphatic carbocycles. The number of carbonyl (C=O) groups is 2. The fraction of sp³-hybridized carbons (Fsp3) is 0.136. The number of nitrogens with zero attached hydrogens (tertiary/aromatic N) is 1. The van der Waals surface area contributed by atoms with Crippen LogP contribution in [0, 0.1) is 0 Å². The smallest absolute Gasteiger partial charge is 0.263 e. The van der Waals surface area contributed by atoms with Crippen molar-refractivity contribution in [2.45, 2.75) is 6.54 Å². The molecule has 3 rings (SSSR count). The third kappa shape index (κ3) is 4.90. The Morgan fingerprint density at radius 1 is 0.897 bits per heavy atom. The van der Waals surface area contributed by atoms with Crippen LogP contribution in [0.2, 0.25) is 0 Å². The molecule has 148 valence electrons. The first-order valence-corrected chi connectivity index (χ1v) is 8.92. The summed E-state index contributed by atoms with van der Waals surface area (Å²) in [5, 5.41) is 5.66. The first-order valence-electron chi connectivity index (χ1n) is 8.92. The summed E-state index contributed by atoms with van der Waals surface area (Å²) in [5.41, 5.74) is 2.34. The topological polar surface area (TPSA) is 89.5 Å². The van der Waals surface area contributed by atoms with Gasteiger partial charge in [-0.1, -0.05) is 18.2 Å². The number of rotatable bonds is 7. The Bertz CT molecular complexity index is 966. The first-order chi connectivity index (χ1) is 14.1. The maximum atomic E-state index is 12.7. The van der Waals surface area contributed by atoms with Crippen LogP contribution >= 0.6 is 0 Å². The number of methoxy groups -OCH3 is 2. The molecule has 3 aromatic rings. The van der Waals surface area contributed by atoms with E-state index in [1.54, 1.807) is 48.7 Å². The maximum Gasteiger partial charge on any atom is 0.263 e. The van der Waals surface area contributed by atoms with E-state index >= 15 is 0 Å². The zero-order valence-corrected chi connectivity index (χ0v) is 16.1. The molecule has 0 radical (unpaired) electrons. The summed E-state index contributed by atoms with van der Waals surface area (Å²) in [5.74, 6) is 0.323. The quantitative estimate of drug-likeness (QED) is 0.645. The van der Waals surface area contributed by atoms with Gasteiger partial charge in [0.15, 0.2) is 0 Å². The summed E-state index contributed by atoms with van der Waals surface area (Å²) in [4.78, 5) is 28.7. The van der Waals surface area contributed by atoms with Crippen LogP contribution in [0.5, 0.6) is 11.5 Å². The number of pyridine rings is 1. The minimum absolute atomic E-state index is 0.196. The second-order valence-corrected chi connectivity index (χ2v) is 6.11. The fourth-order valence-corrected chi connectivity index (χ4v) is 2.76. The van der Waals surface area contributed by atoms with E-state index in [1.807, 2.05) is 12.1 Å². The molecule has 0 saturated heterocycles. The number of ether oxygens (including phenoxy) is 2. The highest BCUT2D eigenvalue weighted by molar-refractivity contribution is 6.08. The van der Waals surface area contributed by atoms with Crippen molar-refractivity contribution < 1.29 is 19.1 Å². The molecule has 29 heavy (non-hydrogen) atoms. The third-order valence-electron chi connectivity index (χ3n) is 4.24. The van der Waals surface area contributed by atoms with Crippen molar-refractivity contribution in [3.05, 3.63) is 83.7 Å². The Morgan fingerprint density at radius 3 is 2.17 bits per heavy atom. The monoisotopic (exact) mass is 391 g/mol. The molecule has 7 nitrogen and oxygen atoms in total. The number of anilines is 1. The molecule has 1 heterocycles. The Hall–Kier alpha value is -3.87. The van der Waals surface area contributed by atoms with E-state index in [9.17, 15) is 9.59 Å². The van der Waals surface area contributed by atoms with Crippen molar-refractivity contribution >= 4 is 17.5 Å². The van der Waals surface area contributed by atoms with E-state index in [0.717, 1.165) is 5.56 Å². The second kappa shape index (κ2) is 9.36. The average molecular weight is 391 g/mol. The van der Waals surface area contributed by atoms with Gasteiger partial charge in [0, 0.05) is 24.6 Å². The number of aromatic nitrogens is 1. The number of benzene rings is 2. The van der Waals surface area contributed by atoms with Gasteiger partial charge < -0.3 is 20.1 Å². The molecule has 2 amide bonds. The van der Waals surface area contributed by atoms with Gasteiger partial charge in [0.2, 0.25) is 0 Å². The van der Waals surface area contributed by atoms with Gasteiger partial charge >= 0.3 is 0 Å². The van der Waals surface area contributed by atoms with E-state index in [2.05, 4.69) is 15.6 Å². The third-order valence-corrected chi connectivity index (χ3v) is 4.24. The zero-order valence-electron chi connectivity index (χ0n) is 16.1. The Balaban J connectivity index is 1.64. The molecule has 0 spiro atoms. The van der Waals surface area contributed by atoms with Crippen LogP contribution in [0.3, 0.4) is 0 Å². The van der Waals surface area contributed by atoms with E-state index in [4.69, 9.17) is 9.47 Å². The molecule has 1 aromatic heterocycles. The van der Waals surface area contributed by atoms with Gasteiger partial charge in [0.25, 0.3) is 11.8 Å². The predicted molar refractivity (Wildman–Crippen MR) is 109 cm³/mol. The number of amides is 2. The van der Waals surface area contributed by atoms with Gasteiger partial charge in [-0.2, -0.15) is 0 Å². The van der Waals surface area contributed by atoms with Gasteiger partial charge in [0.05, 0.1) is 19.8 Å². The van der Waals surface area contributed by atoms with Gasteiger partial charge in [0.1, 0.15) is 17.1 Å². The molecule has 0 atom stereocenters. The highest BCUT2D eigenvalue weighted by atomic mass is 16.5. The zero-order chi connectivity index (χ0) is 20.6. The van der Waals surface area contributed by atoms with Crippen LogP contribution in [-0.4, -0.2) is 31.0 Å². The van der Waals surface area contributed by atoms with Crippen LogP contribution < -0.4 is 20.1 Å². The van der Waals surface area contributed by atoms with Crippen molar-refractivity contribution in [3.63, 3.8) is 0 Å². The molecule has 7 heteroatoms. The van der Waals surface area contributed by atoms with E-state index in [-0.39, 0.29) is 11.8 Å². The van der Waals surface area contributed by atoms with Gasteiger partial charge in [-0.15, -0.1) is 0 Å². The number of carbonyl (C=O) groups excluding carboxylic acids is 2. The summed E-state index contributed by atoms with van der Waals surface area (Å²) in [6, 6.07) is 15.8. The number of hydrogen-bond acceptors (Lipinski definition) is 5. The van der Waals surface area contributed by atoms with E-state index in [1.165, 1.54) is 20.4 Å². The highest BCUT2D eigenvalue weighted by Crippen LogP contribution is 2.29. The van der Waals surface area contributed by atoms with Crippen LogP contribution in [-0.2, 0) is 6.54 Å². The molecule has 0 bridgehead atoms. The standard InChI is InChI=1S/C22H21N3O4/c1-28-18-6-3-7-19(29-2)20(18)22(27)25-17-10-8-15(9-11-17)13-24-21(26)16-5-4-12-23-14-16/h3-12,14H,13H2,1-2H3,(H,24,26)(H,25,27). The molecular formula is C22H21N3O4. The summed E-state index contributed by atoms with van der Waals surface area (Å²) in [6.45, 7) is 0.363. The fourth-order valence-electron chi connectivity index (χ4n) is 2.76. The SMILES string of the molecule is COc1cccc(OC)c1C(=O)Nc1ccc(CNC(=O)c2cccnc2)cc1. The molecular weight excluding hydrogens is 370 g/mol. The van der Waals surface area contributed by atoms with Crippen LogP contribution in [0.25, 0.3) is 0 Å². The lowest BCUT2D eigenvalue weighted by Gasteiger charge is -2.13. The summed E-state index contributed by atoms with van der Waals surface area (Å²) >= 11 is 0. The predicted octanol–water partition coefficient (Wildman–Crippen LogP) is 3.28. The summed E-state index contributed by atoms with van der Waals surface area (Å²) in [7, 11) is 3.00. The molecule has 0 saturated carbocycles. The van der Waals surface area contributed by atoms with Crippen molar-refractivity contribution in [1.82, 2.24) is 10.3 Å². The lowest BCUT2D eigenvalue weighted by molar-refractivity contribution is 0.0949. The minimum Gasteiger partial charge on any atom is -0.496 e. The van der Waals surface area contributed by atoms with Crippen molar-refractivity contribution in [3.8, 4) is 11.5 Å². The van der Waals surface area contributed by atoms with Gasteiger partial charge in [-0.05, 0) is 42.0 Å². The molecule has 2 N–H and O–H groups in total. The first kappa shape index (κ1) is 19.9. The Kier molecular flexibility index (Phi) is 6.42.